The van der Waals surface area contributed by atoms with Crippen LogP contribution in [0.1, 0.15) is 33.6 Å². The Kier molecular flexibility index (Phi) is 5.36. The number of anilines is 2. The maximum atomic E-state index is 12.3. The lowest BCUT2D eigenvalue weighted by molar-refractivity contribution is -0.126. The predicted octanol–water partition coefficient (Wildman–Crippen LogP) is 1.91. The van der Waals surface area contributed by atoms with E-state index in [1.54, 1.807) is 17.0 Å². The standard InChI is InChI=1S/C17H23N3O3/c1-11(2)16(18-12(3)21)17(23)19-13-6-8-14(9-7-13)20-10-4-5-15(20)22/h6-9,11,16H,4-5,10H2,1-3H3,(H,18,21)(H,19,23). The molecule has 1 atom stereocenters. The zero-order valence-corrected chi connectivity index (χ0v) is 13.8. The zero-order valence-electron chi connectivity index (χ0n) is 13.8. The van der Waals surface area contributed by atoms with E-state index >= 15 is 0 Å². The Bertz CT molecular complexity index is 596. The van der Waals surface area contributed by atoms with Crippen molar-refractivity contribution in [1.29, 1.82) is 0 Å². The number of benzene rings is 1. The highest BCUT2D eigenvalue weighted by molar-refractivity contribution is 5.98. The van der Waals surface area contributed by atoms with E-state index in [4.69, 9.17) is 0 Å². The summed E-state index contributed by atoms with van der Waals surface area (Å²) in [6, 6.07) is 6.60. The minimum Gasteiger partial charge on any atom is -0.344 e. The van der Waals surface area contributed by atoms with E-state index in [1.165, 1.54) is 6.92 Å². The number of carbonyl (C=O) groups excluding carboxylic acids is 3. The molecule has 1 aliphatic heterocycles. The second-order valence-electron chi connectivity index (χ2n) is 6.11. The Labute approximate surface area is 136 Å². The number of nitrogens with one attached hydrogen (secondary N) is 2. The Morgan fingerprint density at radius 3 is 2.30 bits per heavy atom. The fourth-order valence-electron chi connectivity index (χ4n) is 2.62. The summed E-state index contributed by atoms with van der Waals surface area (Å²) in [4.78, 5) is 37.0. The summed E-state index contributed by atoms with van der Waals surface area (Å²) in [6.45, 7) is 5.89. The maximum absolute atomic E-state index is 12.3. The minimum absolute atomic E-state index is 0.0135. The van der Waals surface area contributed by atoms with Crippen LogP contribution in [0, 0.1) is 5.92 Å². The molecule has 0 bridgehead atoms. The van der Waals surface area contributed by atoms with Crippen molar-refractivity contribution in [1.82, 2.24) is 5.32 Å². The number of hydrogen-bond acceptors (Lipinski definition) is 3. The monoisotopic (exact) mass is 317 g/mol. The quantitative estimate of drug-likeness (QED) is 0.871. The van der Waals surface area contributed by atoms with Gasteiger partial charge in [-0.25, -0.2) is 0 Å². The summed E-state index contributed by atoms with van der Waals surface area (Å²) < 4.78 is 0. The van der Waals surface area contributed by atoms with Crippen molar-refractivity contribution < 1.29 is 14.4 Å². The third kappa shape index (κ3) is 4.31. The van der Waals surface area contributed by atoms with Crippen LogP contribution >= 0.6 is 0 Å². The van der Waals surface area contributed by atoms with Crippen LogP contribution in [0.2, 0.25) is 0 Å². The number of amides is 3. The average Bonchev–Trinajstić information content (AvgIpc) is 2.91. The largest absolute Gasteiger partial charge is 0.344 e. The normalized spacial score (nSPS) is 15.7. The van der Waals surface area contributed by atoms with Crippen LogP contribution in [0.15, 0.2) is 24.3 Å². The highest BCUT2D eigenvalue weighted by Crippen LogP contribution is 2.23. The second-order valence-corrected chi connectivity index (χ2v) is 6.11. The van der Waals surface area contributed by atoms with E-state index in [1.807, 2.05) is 26.0 Å². The van der Waals surface area contributed by atoms with E-state index in [-0.39, 0.29) is 23.6 Å². The molecule has 1 aliphatic rings. The van der Waals surface area contributed by atoms with Gasteiger partial charge in [-0.3, -0.25) is 14.4 Å². The minimum atomic E-state index is -0.577. The molecule has 23 heavy (non-hydrogen) atoms. The molecule has 0 aromatic heterocycles. The van der Waals surface area contributed by atoms with E-state index < -0.39 is 6.04 Å². The van der Waals surface area contributed by atoms with Crippen molar-refractivity contribution in [3.05, 3.63) is 24.3 Å². The third-order valence-corrected chi connectivity index (χ3v) is 3.83. The highest BCUT2D eigenvalue weighted by Gasteiger charge is 2.24. The molecule has 3 amide bonds. The van der Waals surface area contributed by atoms with Crippen molar-refractivity contribution in [3.63, 3.8) is 0 Å². The molecule has 1 saturated heterocycles. The maximum Gasteiger partial charge on any atom is 0.247 e. The van der Waals surface area contributed by atoms with E-state index in [0.29, 0.717) is 12.1 Å². The fraction of sp³-hybridized carbons (Fsp3) is 0.471. The van der Waals surface area contributed by atoms with Crippen LogP contribution in [0.3, 0.4) is 0 Å². The molecule has 6 nitrogen and oxygen atoms in total. The summed E-state index contributed by atoms with van der Waals surface area (Å²) in [5.41, 5.74) is 1.48. The van der Waals surface area contributed by atoms with Gasteiger partial charge < -0.3 is 15.5 Å². The molecule has 2 rings (SSSR count). The first-order valence-electron chi connectivity index (χ1n) is 7.87. The molecule has 1 unspecified atom stereocenters. The molecule has 1 aromatic rings. The Balaban J connectivity index is 2.03. The molecule has 1 fully saturated rings. The van der Waals surface area contributed by atoms with E-state index in [2.05, 4.69) is 10.6 Å². The first-order chi connectivity index (χ1) is 10.9. The summed E-state index contributed by atoms with van der Waals surface area (Å²) in [6.07, 6.45) is 1.47. The van der Waals surface area contributed by atoms with Crippen LogP contribution in [-0.2, 0) is 14.4 Å². The number of rotatable bonds is 5. The Hall–Kier alpha value is -2.37. The molecule has 2 N–H and O–H groups in total. The smallest absolute Gasteiger partial charge is 0.247 e. The topological polar surface area (TPSA) is 78.5 Å². The van der Waals surface area contributed by atoms with Crippen molar-refractivity contribution in [2.75, 3.05) is 16.8 Å². The van der Waals surface area contributed by atoms with Gasteiger partial charge in [0.2, 0.25) is 17.7 Å². The van der Waals surface area contributed by atoms with Crippen molar-refractivity contribution in [2.24, 2.45) is 5.92 Å². The Morgan fingerprint density at radius 2 is 1.83 bits per heavy atom. The van der Waals surface area contributed by atoms with Gasteiger partial charge in [0.05, 0.1) is 0 Å². The van der Waals surface area contributed by atoms with Crippen LogP contribution in [0.25, 0.3) is 0 Å². The number of carbonyl (C=O) groups is 3. The summed E-state index contributed by atoms with van der Waals surface area (Å²) >= 11 is 0. The molecule has 124 valence electrons. The molecule has 1 heterocycles. The van der Waals surface area contributed by atoms with Gasteiger partial charge in [0.15, 0.2) is 0 Å². The van der Waals surface area contributed by atoms with Gasteiger partial charge in [0.25, 0.3) is 0 Å². The molecule has 0 spiro atoms. The molecular weight excluding hydrogens is 294 g/mol. The highest BCUT2D eigenvalue weighted by atomic mass is 16.2. The number of nitrogens with zero attached hydrogens (tertiary/aromatic N) is 1. The van der Waals surface area contributed by atoms with Gasteiger partial charge in [-0.05, 0) is 36.6 Å². The summed E-state index contributed by atoms with van der Waals surface area (Å²) in [5.74, 6) is -0.366. The molecule has 0 saturated carbocycles. The molecule has 0 aliphatic carbocycles. The molecule has 0 radical (unpaired) electrons. The van der Waals surface area contributed by atoms with Crippen LogP contribution in [0.4, 0.5) is 11.4 Å². The summed E-state index contributed by atoms with van der Waals surface area (Å²) in [5, 5.41) is 5.46. The number of hydrogen-bond donors (Lipinski definition) is 2. The predicted molar refractivity (Wildman–Crippen MR) is 89.1 cm³/mol. The second kappa shape index (κ2) is 7.26. The van der Waals surface area contributed by atoms with Crippen LogP contribution in [-0.4, -0.2) is 30.3 Å². The van der Waals surface area contributed by atoms with Crippen molar-refractivity contribution in [2.45, 2.75) is 39.7 Å². The third-order valence-electron chi connectivity index (χ3n) is 3.83. The van der Waals surface area contributed by atoms with Gasteiger partial charge >= 0.3 is 0 Å². The van der Waals surface area contributed by atoms with Gasteiger partial charge in [-0.15, -0.1) is 0 Å². The van der Waals surface area contributed by atoms with E-state index in [0.717, 1.165) is 18.7 Å². The molecule has 1 aromatic carbocycles. The van der Waals surface area contributed by atoms with Crippen molar-refractivity contribution in [3.8, 4) is 0 Å². The van der Waals surface area contributed by atoms with Crippen molar-refractivity contribution >= 4 is 29.1 Å². The summed E-state index contributed by atoms with van der Waals surface area (Å²) in [7, 11) is 0. The molecular formula is C17H23N3O3. The van der Waals surface area contributed by atoms with Gasteiger partial charge in [0.1, 0.15) is 6.04 Å². The van der Waals surface area contributed by atoms with E-state index in [9.17, 15) is 14.4 Å². The lowest BCUT2D eigenvalue weighted by Crippen LogP contribution is -2.46. The SMILES string of the molecule is CC(=O)NC(C(=O)Nc1ccc(N2CCCC2=O)cc1)C(C)C. The van der Waals surface area contributed by atoms with Gasteiger partial charge in [-0.2, -0.15) is 0 Å². The lowest BCUT2D eigenvalue weighted by Gasteiger charge is -2.21. The fourth-order valence-corrected chi connectivity index (χ4v) is 2.62. The average molecular weight is 317 g/mol. The van der Waals surface area contributed by atoms with Gasteiger partial charge in [-0.1, -0.05) is 13.8 Å². The zero-order chi connectivity index (χ0) is 17.0. The first kappa shape index (κ1) is 17.0. The van der Waals surface area contributed by atoms with Gasteiger partial charge in [0, 0.05) is 31.3 Å². The first-order valence-corrected chi connectivity index (χ1v) is 7.87. The van der Waals surface area contributed by atoms with Crippen LogP contribution < -0.4 is 15.5 Å². The Morgan fingerprint density at radius 1 is 1.17 bits per heavy atom. The van der Waals surface area contributed by atoms with Crippen LogP contribution in [0.5, 0.6) is 0 Å². The lowest BCUT2D eigenvalue weighted by atomic mass is 10.0. The molecule has 6 heteroatoms.